The zero-order valence-corrected chi connectivity index (χ0v) is 11.7. The lowest BCUT2D eigenvalue weighted by Crippen LogP contribution is -2.26. The maximum absolute atomic E-state index is 6.25. The van der Waals surface area contributed by atoms with Gasteiger partial charge < -0.3 is 5.32 Å². The first-order valence-electron chi connectivity index (χ1n) is 6.64. The summed E-state index contributed by atoms with van der Waals surface area (Å²) in [5.41, 5.74) is 4.48. The third kappa shape index (κ3) is 2.36. The van der Waals surface area contributed by atoms with E-state index in [-0.39, 0.29) is 0 Å². The van der Waals surface area contributed by atoms with Crippen molar-refractivity contribution in [2.45, 2.75) is 26.3 Å². The van der Waals surface area contributed by atoms with Gasteiger partial charge in [-0.25, -0.2) is 9.97 Å². The summed E-state index contributed by atoms with van der Waals surface area (Å²) in [5, 5.41) is 4.09. The van der Waals surface area contributed by atoms with Crippen molar-refractivity contribution in [3.63, 3.8) is 0 Å². The summed E-state index contributed by atoms with van der Waals surface area (Å²) in [6.45, 7) is 3.99. The Labute approximate surface area is 118 Å². The summed E-state index contributed by atoms with van der Waals surface area (Å²) in [5.74, 6) is 0.753. The van der Waals surface area contributed by atoms with Gasteiger partial charge in [0.15, 0.2) is 5.82 Å². The van der Waals surface area contributed by atoms with Gasteiger partial charge in [0, 0.05) is 36.3 Å². The molecule has 2 heterocycles. The van der Waals surface area contributed by atoms with Gasteiger partial charge in [0.1, 0.15) is 0 Å². The number of benzene rings is 1. The number of hydrogen-bond donors (Lipinski definition) is 1. The molecule has 1 N–H and O–H groups in total. The minimum atomic E-state index is 0.707. The summed E-state index contributed by atoms with van der Waals surface area (Å²) in [6, 6.07) is 7.75. The fourth-order valence-electron chi connectivity index (χ4n) is 2.47. The van der Waals surface area contributed by atoms with Gasteiger partial charge in [-0.1, -0.05) is 30.7 Å². The first kappa shape index (κ1) is 12.6. The summed E-state index contributed by atoms with van der Waals surface area (Å²) >= 11 is 6.25. The highest BCUT2D eigenvalue weighted by Gasteiger charge is 2.17. The monoisotopic (exact) mass is 273 g/mol. The van der Waals surface area contributed by atoms with E-state index in [1.54, 1.807) is 0 Å². The van der Waals surface area contributed by atoms with Crippen LogP contribution < -0.4 is 5.32 Å². The quantitative estimate of drug-likeness (QED) is 0.914. The number of nitrogens with one attached hydrogen (secondary N) is 1. The van der Waals surface area contributed by atoms with Crippen molar-refractivity contribution in [3.8, 4) is 11.4 Å². The lowest BCUT2D eigenvalue weighted by atomic mass is 10.0. The third-order valence-corrected chi connectivity index (χ3v) is 3.80. The highest BCUT2D eigenvalue weighted by atomic mass is 35.5. The largest absolute Gasteiger partial charge is 0.312 e. The zero-order chi connectivity index (χ0) is 13.2. The Kier molecular flexibility index (Phi) is 3.49. The molecule has 0 aliphatic carbocycles. The van der Waals surface area contributed by atoms with E-state index in [1.165, 1.54) is 11.3 Å². The van der Waals surface area contributed by atoms with Crippen molar-refractivity contribution in [3.05, 3.63) is 46.2 Å². The van der Waals surface area contributed by atoms with Crippen molar-refractivity contribution >= 4 is 11.6 Å². The van der Waals surface area contributed by atoms with Crippen LogP contribution >= 0.6 is 11.6 Å². The molecule has 1 aromatic heterocycles. The van der Waals surface area contributed by atoms with Crippen LogP contribution in [0.15, 0.2) is 24.3 Å². The van der Waals surface area contributed by atoms with Crippen molar-refractivity contribution < 1.29 is 0 Å². The summed E-state index contributed by atoms with van der Waals surface area (Å²) in [7, 11) is 0. The Morgan fingerprint density at radius 1 is 1.26 bits per heavy atom. The molecule has 0 radical (unpaired) electrons. The Bertz CT molecular complexity index is 593. The smallest absolute Gasteiger partial charge is 0.161 e. The van der Waals surface area contributed by atoms with Crippen LogP contribution in [-0.4, -0.2) is 16.5 Å². The fourth-order valence-corrected chi connectivity index (χ4v) is 2.69. The number of rotatable bonds is 2. The lowest BCUT2D eigenvalue weighted by Gasteiger charge is -2.19. The number of nitrogens with zero attached hydrogens (tertiary/aromatic N) is 2. The summed E-state index contributed by atoms with van der Waals surface area (Å²) < 4.78 is 0. The molecule has 0 amide bonds. The lowest BCUT2D eigenvalue weighted by molar-refractivity contribution is 0.618. The molecular formula is C15H16ClN3. The molecule has 3 rings (SSSR count). The molecule has 1 aliphatic heterocycles. The maximum Gasteiger partial charge on any atom is 0.161 e. The average Bonchev–Trinajstić information content (AvgIpc) is 2.46. The highest BCUT2D eigenvalue weighted by Crippen LogP contribution is 2.27. The summed E-state index contributed by atoms with van der Waals surface area (Å²) in [4.78, 5) is 9.42. The van der Waals surface area contributed by atoms with E-state index >= 15 is 0 Å². The fraction of sp³-hybridized carbons (Fsp3) is 0.333. The predicted octanol–water partition coefficient (Wildman–Crippen LogP) is 3.01. The van der Waals surface area contributed by atoms with Crippen LogP contribution in [0.3, 0.4) is 0 Å². The molecule has 0 spiro atoms. The molecular weight excluding hydrogens is 258 g/mol. The van der Waals surface area contributed by atoms with Crippen LogP contribution in [0, 0.1) is 0 Å². The van der Waals surface area contributed by atoms with Crippen LogP contribution in [0.1, 0.15) is 23.9 Å². The highest BCUT2D eigenvalue weighted by molar-refractivity contribution is 6.33. The molecule has 3 nitrogen and oxygen atoms in total. The maximum atomic E-state index is 6.25. The van der Waals surface area contributed by atoms with Gasteiger partial charge >= 0.3 is 0 Å². The first-order valence-corrected chi connectivity index (χ1v) is 7.01. The van der Waals surface area contributed by atoms with Gasteiger partial charge in [0.2, 0.25) is 0 Å². The van der Waals surface area contributed by atoms with Crippen LogP contribution in [0.25, 0.3) is 11.4 Å². The Morgan fingerprint density at radius 3 is 2.89 bits per heavy atom. The topological polar surface area (TPSA) is 37.8 Å². The SMILES string of the molecule is CCc1nc(-c2ccccc2Cl)nc2c1CNCC2. The first-order chi connectivity index (χ1) is 9.29. The molecule has 19 heavy (non-hydrogen) atoms. The minimum absolute atomic E-state index is 0.707. The van der Waals surface area contributed by atoms with Gasteiger partial charge in [-0.3, -0.25) is 0 Å². The van der Waals surface area contributed by atoms with E-state index in [9.17, 15) is 0 Å². The van der Waals surface area contributed by atoms with E-state index in [4.69, 9.17) is 21.6 Å². The zero-order valence-electron chi connectivity index (χ0n) is 10.9. The molecule has 0 bridgehead atoms. The molecule has 0 fully saturated rings. The second-order valence-corrected chi connectivity index (χ2v) is 5.09. The van der Waals surface area contributed by atoms with Gasteiger partial charge in [0.05, 0.1) is 10.7 Å². The van der Waals surface area contributed by atoms with Crippen molar-refractivity contribution in [2.75, 3.05) is 6.54 Å². The van der Waals surface area contributed by atoms with Gasteiger partial charge in [-0.15, -0.1) is 0 Å². The van der Waals surface area contributed by atoms with E-state index in [1.807, 2.05) is 24.3 Å². The Morgan fingerprint density at radius 2 is 2.11 bits per heavy atom. The second kappa shape index (κ2) is 5.27. The molecule has 4 heteroatoms. The molecule has 0 saturated heterocycles. The number of fused-ring (bicyclic) bond motifs is 1. The van der Waals surface area contributed by atoms with E-state index in [0.29, 0.717) is 5.02 Å². The van der Waals surface area contributed by atoms with Gasteiger partial charge in [0.25, 0.3) is 0 Å². The van der Waals surface area contributed by atoms with Crippen molar-refractivity contribution in [1.82, 2.24) is 15.3 Å². The molecule has 0 unspecified atom stereocenters. The Balaban J connectivity index is 2.15. The Hall–Kier alpha value is -1.45. The molecule has 0 atom stereocenters. The van der Waals surface area contributed by atoms with Crippen LogP contribution in [0.5, 0.6) is 0 Å². The molecule has 1 aliphatic rings. The van der Waals surface area contributed by atoms with Crippen molar-refractivity contribution in [1.29, 1.82) is 0 Å². The third-order valence-electron chi connectivity index (χ3n) is 3.47. The van der Waals surface area contributed by atoms with Crippen molar-refractivity contribution in [2.24, 2.45) is 0 Å². The number of aromatic nitrogens is 2. The molecule has 98 valence electrons. The summed E-state index contributed by atoms with van der Waals surface area (Å²) in [6.07, 6.45) is 1.88. The van der Waals surface area contributed by atoms with Crippen LogP contribution in [0.4, 0.5) is 0 Å². The standard InChI is InChI=1S/C15H16ClN3/c1-2-13-11-9-17-8-7-14(11)19-15(18-13)10-5-3-4-6-12(10)16/h3-6,17H,2,7-9H2,1H3. The van der Waals surface area contributed by atoms with E-state index < -0.39 is 0 Å². The minimum Gasteiger partial charge on any atom is -0.312 e. The number of hydrogen-bond acceptors (Lipinski definition) is 3. The van der Waals surface area contributed by atoms with E-state index in [0.717, 1.165) is 43.0 Å². The van der Waals surface area contributed by atoms with Gasteiger partial charge in [-0.2, -0.15) is 0 Å². The predicted molar refractivity (Wildman–Crippen MR) is 77.3 cm³/mol. The van der Waals surface area contributed by atoms with Gasteiger partial charge in [-0.05, 0) is 18.6 Å². The molecule has 2 aromatic rings. The number of halogens is 1. The second-order valence-electron chi connectivity index (χ2n) is 4.68. The van der Waals surface area contributed by atoms with Crippen LogP contribution in [-0.2, 0) is 19.4 Å². The molecule has 1 aromatic carbocycles. The van der Waals surface area contributed by atoms with Crippen LogP contribution in [0.2, 0.25) is 5.02 Å². The molecule has 0 saturated carbocycles. The average molecular weight is 274 g/mol. The normalized spacial score (nSPS) is 14.2. The van der Waals surface area contributed by atoms with E-state index in [2.05, 4.69) is 12.2 Å². The number of aryl methyl sites for hydroxylation is 1.